The summed E-state index contributed by atoms with van der Waals surface area (Å²) in [6.45, 7) is 5.04. The molecule has 0 radical (unpaired) electrons. The van der Waals surface area contributed by atoms with Gasteiger partial charge in [-0.05, 0) is 13.3 Å². The summed E-state index contributed by atoms with van der Waals surface area (Å²) in [5.41, 5.74) is 1.22. The van der Waals surface area contributed by atoms with Crippen LogP contribution in [0.5, 0.6) is 0 Å². The molecule has 0 saturated heterocycles. The third kappa shape index (κ3) is 5.49. The minimum atomic E-state index is 0.515. The lowest BCUT2D eigenvalue weighted by atomic mass is 10.3. The third-order valence-corrected chi connectivity index (χ3v) is 4.60. The Labute approximate surface area is 122 Å². The van der Waals surface area contributed by atoms with Crippen LogP contribution in [0.25, 0.3) is 0 Å². The van der Waals surface area contributed by atoms with Crippen LogP contribution in [0.4, 0.5) is 0 Å². The molecule has 0 spiro atoms. The van der Waals surface area contributed by atoms with Crippen LogP contribution in [-0.4, -0.2) is 30.3 Å². The highest BCUT2D eigenvalue weighted by Gasteiger charge is 2.05. The number of thiazole rings is 1. The lowest BCUT2D eigenvalue weighted by molar-refractivity contribution is 0.930. The summed E-state index contributed by atoms with van der Waals surface area (Å²) in [6.07, 6.45) is 2.85. The van der Waals surface area contributed by atoms with Gasteiger partial charge in [0.2, 0.25) is 5.96 Å². The molecule has 0 amide bonds. The monoisotopic (exact) mass is 297 g/mol. The van der Waals surface area contributed by atoms with Crippen molar-refractivity contribution >= 4 is 29.1 Å². The van der Waals surface area contributed by atoms with Crippen LogP contribution in [0.15, 0.2) is 4.99 Å². The molecule has 19 heavy (non-hydrogen) atoms. The third-order valence-electron chi connectivity index (χ3n) is 2.43. The Bertz CT molecular complexity index is 461. The van der Waals surface area contributed by atoms with Crippen molar-refractivity contribution in [3.8, 4) is 6.19 Å². The number of hydrogen-bond donors (Lipinski definition) is 2. The van der Waals surface area contributed by atoms with Gasteiger partial charge in [0.15, 0.2) is 6.19 Å². The topological polar surface area (TPSA) is 73.1 Å². The fraction of sp³-hybridized carbons (Fsp3) is 0.583. The van der Waals surface area contributed by atoms with Gasteiger partial charge < -0.3 is 5.32 Å². The van der Waals surface area contributed by atoms with Gasteiger partial charge >= 0.3 is 0 Å². The number of hydrogen-bond acceptors (Lipinski definition) is 5. The van der Waals surface area contributed by atoms with E-state index >= 15 is 0 Å². The van der Waals surface area contributed by atoms with E-state index in [1.807, 2.05) is 18.0 Å². The van der Waals surface area contributed by atoms with Gasteiger partial charge in [-0.3, -0.25) is 10.3 Å². The largest absolute Gasteiger partial charge is 0.355 e. The second kappa shape index (κ2) is 8.77. The van der Waals surface area contributed by atoms with Crippen molar-refractivity contribution in [3.63, 3.8) is 0 Å². The van der Waals surface area contributed by atoms with Crippen LogP contribution >= 0.6 is 23.1 Å². The van der Waals surface area contributed by atoms with Gasteiger partial charge in [-0.1, -0.05) is 6.92 Å². The molecule has 0 bridgehead atoms. The minimum Gasteiger partial charge on any atom is -0.355 e. The Morgan fingerprint density at radius 3 is 2.95 bits per heavy atom. The Balaban J connectivity index is 2.22. The van der Waals surface area contributed by atoms with E-state index in [0.29, 0.717) is 5.96 Å². The van der Waals surface area contributed by atoms with Crippen molar-refractivity contribution in [2.75, 3.05) is 19.3 Å². The standard InChI is InChI=1S/C12H19N5S2/c1-4-10-9(2)19-11(17-10)7-18-6-5-15-12(14-3)16-8-13/h4-7H2,1-3H3,(H2,14,15,16). The van der Waals surface area contributed by atoms with Crippen LogP contribution in [0.2, 0.25) is 0 Å². The van der Waals surface area contributed by atoms with Gasteiger partial charge in [0, 0.05) is 30.0 Å². The van der Waals surface area contributed by atoms with E-state index in [2.05, 4.69) is 34.5 Å². The molecule has 7 heteroatoms. The number of aliphatic imine (C=N–C) groups is 1. The summed E-state index contributed by atoms with van der Waals surface area (Å²) < 4.78 is 0. The minimum absolute atomic E-state index is 0.515. The second-order valence-electron chi connectivity index (χ2n) is 3.75. The van der Waals surface area contributed by atoms with Crippen LogP contribution in [-0.2, 0) is 12.2 Å². The van der Waals surface area contributed by atoms with Crippen molar-refractivity contribution in [2.45, 2.75) is 26.0 Å². The normalized spacial score (nSPS) is 11.2. The number of guanidine groups is 1. The molecule has 0 fully saturated rings. The summed E-state index contributed by atoms with van der Waals surface area (Å²) >= 11 is 3.61. The molecule has 1 aromatic heterocycles. The lowest BCUT2D eigenvalue weighted by Crippen LogP contribution is -2.35. The van der Waals surface area contributed by atoms with E-state index < -0.39 is 0 Å². The van der Waals surface area contributed by atoms with Gasteiger partial charge in [0.25, 0.3) is 0 Å². The van der Waals surface area contributed by atoms with Crippen molar-refractivity contribution in [3.05, 3.63) is 15.6 Å². The molecule has 1 aromatic rings. The maximum absolute atomic E-state index is 8.48. The van der Waals surface area contributed by atoms with E-state index in [4.69, 9.17) is 5.26 Å². The van der Waals surface area contributed by atoms with Gasteiger partial charge in [0.05, 0.1) is 5.69 Å². The van der Waals surface area contributed by atoms with Crippen molar-refractivity contribution in [1.29, 1.82) is 5.26 Å². The predicted octanol–water partition coefficient (Wildman–Crippen LogP) is 1.89. The SMILES string of the molecule is CCc1nc(CSCCN/C(=N/C)NC#N)sc1C. The summed E-state index contributed by atoms with van der Waals surface area (Å²) in [7, 11) is 1.64. The number of aryl methyl sites for hydroxylation is 2. The lowest BCUT2D eigenvalue weighted by Gasteiger charge is -2.05. The summed E-state index contributed by atoms with van der Waals surface area (Å²) in [4.78, 5) is 9.85. The molecule has 0 atom stereocenters. The van der Waals surface area contributed by atoms with Crippen molar-refractivity contribution in [2.24, 2.45) is 4.99 Å². The number of nitrogens with zero attached hydrogens (tertiary/aromatic N) is 3. The number of thioether (sulfide) groups is 1. The first kappa shape index (κ1) is 15.8. The maximum Gasteiger partial charge on any atom is 0.204 e. The van der Waals surface area contributed by atoms with E-state index in [0.717, 1.165) is 24.5 Å². The Kier molecular flexibility index (Phi) is 7.30. The molecule has 0 aliphatic heterocycles. The highest BCUT2D eigenvalue weighted by molar-refractivity contribution is 7.98. The highest BCUT2D eigenvalue weighted by Crippen LogP contribution is 2.21. The average Bonchev–Trinajstić information content (AvgIpc) is 2.77. The molecule has 0 aliphatic carbocycles. The number of aromatic nitrogens is 1. The van der Waals surface area contributed by atoms with Crippen molar-refractivity contribution < 1.29 is 0 Å². The summed E-state index contributed by atoms with van der Waals surface area (Å²) in [5.74, 6) is 2.41. The molecular weight excluding hydrogens is 278 g/mol. The fourth-order valence-electron chi connectivity index (χ4n) is 1.51. The van der Waals surface area contributed by atoms with E-state index in [1.54, 1.807) is 18.4 Å². The first-order valence-corrected chi connectivity index (χ1v) is 8.07. The maximum atomic E-state index is 8.48. The second-order valence-corrected chi connectivity index (χ2v) is 6.15. The van der Waals surface area contributed by atoms with Gasteiger partial charge in [-0.25, -0.2) is 4.98 Å². The first-order valence-electron chi connectivity index (χ1n) is 6.10. The van der Waals surface area contributed by atoms with Crippen LogP contribution < -0.4 is 10.6 Å². The molecule has 5 nitrogen and oxygen atoms in total. The number of nitrogens with one attached hydrogen (secondary N) is 2. The predicted molar refractivity (Wildman–Crippen MR) is 82.5 cm³/mol. The zero-order valence-electron chi connectivity index (χ0n) is 11.5. The molecule has 0 unspecified atom stereocenters. The molecule has 0 aliphatic rings. The molecule has 1 rings (SSSR count). The fourth-order valence-corrected chi connectivity index (χ4v) is 3.44. The number of rotatable bonds is 6. The van der Waals surface area contributed by atoms with E-state index in [9.17, 15) is 0 Å². The van der Waals surface area contributed by atoms with Crippen molar-refractivity contribution in [1.82, 2.24) is 15.6 Å². The molecule has 104 valence electrons. The molecule has 1 heterocycles. The van der Waals surface area contributed by atoms with E-state index in [1.165, 1.54) is 15.6 Å². The smallest absolute Gasteiger partial charge is 0.204 e. The Morgan fingerprint density at radius 1 is 1.58 bits per heavy atom. The number of nitriles is 1. The molecule has 2 N–H and O–H groups in total. The van der Waals surface area contributed by atoms with Crippen LogP contribution in [0.1, 0.15) is 22.5 Å². The Hall–Kier alpha value is -1.26. The zero-order valence-corrected chi connectivity index (χ0v) is 13.1. The summed E-state index contributed by atoms with van der Waals surface area (Å²) in [5, 5.41) is 15.2. The highest BCUT2D eigenvalue weighted by atomic mass is 32.2. The van der Waals surface area contributed by atoms with Gasteiger partial charge in [0.1, 0.15) is 5.01 Å². The molecule has 0 saturated carbocycles. The molecular formula is C12H19N5S2. The van der Waals surface area contributed by atoms with Crippen LogP contribution in [0, 0.1) is 18.4 Å². The summed E-state index contributed by atoms with van der Waals surface area (Å²) in [6, 6.07) is 0. The van der Waals surface area contributed by atoms with E-state index in [-0.39, 0.29) is 0 Å². The quantitative estimate of drug-likeness (QED) is 0.276. The Morgan fingerprint density at radius 2 is 2.37 bits per heavy atom. The molecule has 0 aromatic carbocycles. The van der Waals surface area contributed by atoms with Gasteiger partial charge in [-0.15, -0.1) is 11.3 Å². The van der Waals surface area contributed by atoms with Gasteiger partial charge in [-0.2, -0.15) is 17.0 Å². The average molecular weight is 297 g/mol. The van der Waals surface area contributed by atoms with Crippen LogP contribution in [0.3, 0.4) is 0 Å². The zero-order chi connectivity index (χ0) is 14.1. The first-order chi connectivity index (χ1) is 9.21.